The van der Waals surface area contributed by atoms with E-state index in [-0.39, 0.29) is 19.1 Å². The number of phosphoric acid groups is 1. The number of hydrogen-bond acceptors (Lipinski definition) is 6. The van der Waals surface area contributed by atoms with Crippen molar-refractivity contribution in [3.05, 3.63) is 97.2 Å². The van der Waals surface area contributed by atoms with Crippen LogP contribution in [0.15, 0.2) is 97.2 Å². The molecule has 0 aromatic carbocycles. The highest BCUT2D eigenvalue weighted by atomic mass is 31.2. The van der Waals surface area contributed by atoms with Crippen molar-refractivity contribution in [3.63, 3.8) is 0 Å². The molecule has 362 valence electrons. The van der Waals surface area contributed by atoms with Crippen molar-refractivity contribution >= 4 is 13.7 Å². The second-order valence-corrected chi connectivity index (χ2v) is 19.2. The Balaban J connectivity index is 4.17. The van der Waals surface area contributed by atoms with E-state index in [9.17, 15) is 19.4 Å². The van der Waals surface area contributed by atoms with Gasteiger partial charge in [0.2, 0.25) is 5.91 Å². The number of allylic oxidation sites excluding steroid dienone is 15. The first kappa shape index (κ1) is 60.4. The summed E-state index contributed by atoms with van der Waals surface area (Å²) in [5, 5.41) is 13.7. The monoisotopic (exact) mass is 899 g/mol. The maximum atomic E-state index is 12.9. The SMILES string of the molecule is CC/C=C\C/C=C\C/C=C\C/C=C\C/C=C\C/C=C\C/C=C\CCCCCCCCCCCC(=O)NC(COP(=O)([O-])OCC[N+](C)(C)C)C(O)/C=C/CCCCCCCCCC. The predicted octanol–water partition coefficient (Wildman–Crippen LogP) is 14.1. The molecule has 0 aliphatic carbocycles. The Kier molecular flexibility index (Phi) is 42.8. The van der Waals surface area contributed by atoms with Crippen molar-refractivity contribution in [3.8, 4) is 0 Å². The zero-order chi connectivity index (χ0) is 46.4. The van der Waals surface area contributed by atoms with Gasteiger partial charge in [-0.15, -0.1) is 0 Å². The minimum atomic E-state index is -4.59. The lowest BCUT2D eigenvalue weighted by Gasteiger charge is -2.29. The lowest BCUT2D eigenvalue weighted by Crippen LogP contribution is -2.45. The maximum absolute atomic E-state index is 12.9. The quantitative estimate of drug-likeness (QED) is 0.0273. The van der Waals surface area contributed by atoms with E-state index in [1.807, 2.05) is 27.2 Å². The molecule has 3 atom stereocenters. The number of aliphatic hydroxyl groups is 1. The molecule has 0 radical (unpaired) electrons. The van der Waals surface area contributed by atoms with Crippen LogP contribution < -0.4 is 10.2 Å². The molecule has 0 saturated carbocycles. The largest absolute Gasteiger partial charge is 0.756 e. The fourth-order valence-corrected chi connectivity index (χ4v) is 7.32. The second kappa shape index (κ2) is 44.6. The second-order valence-electron chi connectivity index (χ2n) is 17.8. The fourth-order valence-electron chi connectivity index (χ4n) is 6.60. The molecule has 0 aromatic heterocycles. The van der Waals surface area contributed by atoms with E-state index in [1.54, 1.807) is 6.08 Å². The standard InChI is InChI=1S/C54H95N2O6P/c1-6-8-10-12-14-16-18-19-20-21-22-23-24-25-26-27-28-29-30-31-32-33-34-35-36-37-38-40-42-44-46-48-54(58)55-52(51-62-63(59,60)61-50-49-56(3,4)5)53(57)47-45-43-41-39-17-15-13-11-9-7-2/h8,10,14,16,19-20,22-23,25-26,28-29,31-32,45,47,52-53,57H,6-7,9,11-13,15,17-18,21,24,27,30,33-44,46,48-51H2,1-5H3,(H-,55,58,59,60)/b10-8-,16-14-,20-19-,23-22-,26-25-,29-28-,32-31-,47-45+. The summed E-state index contributed by atoms with van der Waals surface area (Å²) in [7, 11) is 1.24. The van der Waals surface area contributed by atoms with E-state index < -0.39 is 20.0 Å². The third-order valence-electron chi connectivity index (χ3n) is 10.5. The molecule has 0 spiro atoms. The van der Waals surface area contributed by atoms with Gasteiger partial charge in [0.05, 0.1) is 39.9 Å². The van der Waals surface area contributed by atoms with Crippen molar-refractivity contribution in [2.45, 2.75) is 199 Å². The minimum absolute atomic E-state index is 0.00714. The number of quaternary nitrogens is 1. The Bertz CT molecular complexity index is 1340. The van der Waals surface area contributed by atoms with Crippen molar-refractivity contribution in [2.24, 2.45) is 0 Å². The van der Waals surface area contributed by atoms with Crippen LogP contribution in [0.5, 0.6) is 0 Å². The summed E-state index contributed by atoms with van der Waals surface area (Å²) in [5.74, 6) is -0.211. The third kappa shape index (κ3) is 47.2. The predicted molar refractivity (Wildman–Crippen MR) is 269 cm³/mol. The molecule has 8 nitrogen and oxygen atoms in total. The van der Waals surface area contributed by atoms with Gasteiger partial charge >= 0.3 is 0 Å². The topological polar surface area (TPSA) is 108 Å². The number of likely N-dealkylation sites (N-methyl/N-ethyl adjacent to an activating group) is 1. The van der Waals surface area contributed by atoms with Crippen LogP contribution in [0.3, 0.4) is 0 Å². The molecule has 0 heterocycles. The number of rotatable bonds is 44. The fraction of sp³-hybridized carbons (Fsp3) is 0.685. The Morgan fingerprint density at radius 3 is 1.41 bits per heavy atom. The molecule has 2 N–H and O–H groups in total. The van der Waals surface area contributed by atoms with Crippen LogP contribution >= 0.6 is 7.82 Å². The molecule has 0 fully saturated rings. The summed E-state index contributed by atoms with van der Waals surface area (Å²) >= 11 is 0. The van der Waals surface area contributed by atoms with Crippen LogP contribution in [0.1, 0.15) is 187 Å². The molecule has 0 bridgehead atoms. The first-order valence-corrected chi connectivity index (χ1v) is 26.6. The van der Waals surface area contributed by atoms with Gasteiger partial charge in [-0.3, -0.25) is 9.36 Å². The zero-order valence-corrected chi connectivity index (χ0v) is 41.9. The highest BCUT2D eigenvalue weighted by molar-refractivity contribution is 7.45. The maximum Gasteiger partial charge on any atom is 0.268 e. The van der Waals surface area contributed by atoms with E-state index >= 15 is 0 Å². The Hall–Kier alpha value is -2.58. The number of amides is 1. The van der Waals surface area contributed by atoms with E-state index in [0.29, 0.717) is 17.4 Å². The van der Waals surface area contributed by atoms with Gasteiger partial charge in [-0.25, -0.2) is 0 Å². The summed E-state index contributed by atoms with van der Waals surface area (Å²) < 4.78 is 23.2. The third-order valence-corrected chi connectivity index (χ3v) is 11.5. The average Bonchev–Trinajstić information content (AvgIpc) is 3.24. The van der Waals surface area contributed by atoms with Crippen molar-refractivity contribution in [1.29, 1.82) is 0 Å². The lowest BCUT2D eigenvalue weighted by atomic mass is 10.0. The van der Waals surface area contributed by atoms with E-state index in [4.69, 9.17) is 9.05 Å². The summed E-state index contributed by atoms with van der Waals surface area (Å²) in [6.45, 7) is 4.48. The van der Waals surface area contributed by atoms with Gasteiger partial charge in [-0.2, -0.15) is 0 Å². The van der Waals surface area contributed by atoms with Crippen LogP contribution in [0, 0.1) is 0 Å². The first-order valence-electron chi connectivity index (χ1n) is 25.1. The van der Waals surface area contributed by atoms with Crippen LogP contribution in [-0.4, -0.2) is 68.5 Å². The summed E-state index contributed by atoms with van der Waals surface area (Å²) in [5.41, 5.74) is 0. The molecular weight excluding hydrogens is 804 g/mol. The highest BCUT2D eigenvalue weighted by Gasteiger charge is 2.23. The molecule has 0 saturated heterocycles. The highest BCUT2D eigenvalue weighted by Crippen LogP contribution is 2.38. The molecule has 0 rings (SSSR count). The molecular formula is C54H95N2O6P. The van der Waals surface area contributed by atoms with Gasteiger partial charge in [-0.05, 0) is 77.0 Å². The average molecular weight is 899 g/mol. The number of nitrogens with one attached hydrogen (secondary N) is 1. The molecule has 3 unspecified atom stereocenters. The van der Waals surface area contributed by atoms with Gasteiger partial charge in [0, 0.05) is 6.42 Å². The van der Waals surface area contributed by atoms with Gasteiger partial charge in [-0.1, -0.05) is 201 Å². The van der Waals surface area contributed by atoms with Gasteiger partial charge in [0.1, 0.15) is 13.2 Å². The van der Waals surface area contributed by atoms with Gasteiger partial charge < -0.3 is 28.8 Å². The summed E-state index contributed by atoms with van der Waals surface area (Å²) in [6, 6.07) is -0.894. The number of aliphatic hydroxyl groups excluding tert-OH is 1. The molecule has 1 amide bonds. The van der Waals surface area contributed by atoms with Crippen LogP contribution in [-0.2, 0) is 18.4 Å². The number of nitrogens with zero attached hydrogens (tertiary/aromatic N) is 1. The van der Waals surface area contributed by atoms with Gasteiger partial charge in [0.25, 0.3) is 7.82 Å². The van der Waals surface area contributed by atoms with E-state index in [1.165, 1.54) is 77.0 Å². The summed E-state index contributed by atoms with van der Waals surface area (Å²) in [6.07, 6.45) is 63.3. The smallest absolute Gasteiger partial charge is 0.268 e. The van der Waals surface area contributed by atoms with Crippen molar-refractivity contribution < 1.29 is 32.9 Å². The Morgan fingerprint density at radius 1 is 0.571 bits per heavy atom. The number of phosphoric ester groups is 1. The first-order chi connectivity index (χ1) is 30.5. The van der Waals surface area contributed by atoms with E-state index in [2.05, 4.69) is 104 Å². The van der Waals surface area contributed by atoms with Crippen LogP contribution in [0.2, 0.25) is 0 Å². The molecule has 63 heavy (non-hydrogen) atoms. The Morgan fingerprint density at radius 2 is 0.968 bits per heavy atom. The number of carbonyl (C=O) groups is 1. The Labute approximate surface area is 388 Å². The van der Waals surface area contributed by atoms with E-state index in [0.717, 1.165) is 89.9 Å². The minimum Gasteiger partial charge on any atom is -0.756 e. The molecule has 0 aliphatic heterocycles. The van der Waals surface area contributed by atoms with Crippen LogP contribution in [0.4, 0.5) is 0 Å². The molecule has 0 aromatic rings. The number of hydrogen-bond donors (Lipinski definition) is 2. The van der Waals surface area contributed by atoms with Gasteiger partial charge in [0.15, 0.2) is 0 Å². The van der Waals surface area contributed by atoms with Crippen LogP contribution in [0.25, 0.3) is 0 Å². The molecule has 0 aliphatic rings. The lowest BCUT2D eigenvalue weighted by molar-refractivity contribution is -0.870. The summed E-state index contributed by atoms with van der Waals surface area (Å²) in [4.78, 5) is 25.3. The molecule has 9 heteroatoms. The van der Waals surface area contributed by atoms with Crippen molar-refractivity contribution in [1.82, 2.24) is 5.32 Å². The normalized spacial score (nSPS) is 15.0. The number of unbranched alkanes of at least 4 members (excludes halogenated alkanes) is 17. The number of carbonyl (C=O) groups excluding carboxylic acids is 1. The zero-order valence-electron chi connectivity index (χ0n) is 41.0. The van der Waals surface area contributed by atoms with Crippen molar-refractivity contribution in [2.75, 3.05) is 40.9 Å².